The molecule has 0 aliphatic heterocycles. The van der Waals surface area contributed by atoms with Crippen LogP contribution in [0.2, 0.25) is 0 Å². The van der Waals surface area contributed by atoms with E-state index in [0.29, 0.717) is 0 Å². The summed E-state index contributed by atoms with van der Waals surface area (Å²) in [5, 5.41) is 0. The summed E-state index contributed by atoms with van der Waals surface area (Å²) in [5.74, 6) is -1.00. The second kappa shape index (κ2) is 1.90. The second-order valence-corrected chi connectivity index (χ2v) is 1.35. The first kappa shape index (κ1) is 5.22. The van der Waals surface area contributed by atoms with Gasteiger partial charge in [0.2, 0.25) is 0 Å². The van der Waals surface area contributed by atoms with Gasteiger partial charge >= 0.3 is 0 Å². The van der Waals surface area contributed by atoms with E-state index in [-0.39, 0.29) is 0 Å². The third-order valence-corrected chi connectivity index (χ3v) is 0.737. The Hall–Kier alpha value is -0.920. The van der Waals surface area contributed by atoms with Gasteiger partial charge in [-0.15, -0.1) is 24.3 Å². The minimum Gasteiger partial charge on any atom is -0.284 e. The van der Waals surface area contributed by atoms with Crippen LogP contribution in [0, 0.1) is 17.7 Å². The van der Waals surface area contributed by atoms with Crippen LogP contribution in [0.1, 0.15) is 0 Å². The Morgan fingerprint density at radius 2 is 2.00 bits per heavy atom. The molecule has 0 nitrogen and oxygen atoms in total. The monoisotopic (exact) mass is 113 g/mol. The van der Waals surface area contributed by atoms with E-state index in [2.05, 4.69) is 6.07 Å². The van der Waals surface area contributed by atoms with E-state index in [1.165, 1.54) is 0 Å². The van der Waals surface area contributed by atoms with E-state index in [4.69, 9.17) is 0 Å². The van der Waals surface area contributed by atoms with Crippen LogP contribution in [0.3, 0.4) is 0 Å². The SMILES string of the molecule is Fc1[c-]cc(F)cc1. The lowest BCUT2D eigenvalue weighted by atomic mass is 10.3. The van der Waals surface area contributed by atoms with Crippen LogP contribution >= 0.6 is 0 Å². The van der Waals surface area contributed by atoms with Crippen molar-refractivity contribution in [3.63, 3.8) is 0 Å². The summed E-state index contributed by atoms with van der Waals surface area (Å²) >= 11 is 0. The van der Waals surface area contributed by atoms with Crippen molar-refractivity contribution in [2.45, 2.75) is 0 Å². The maximum atomic E-state index is 11.9. The summed E-state index contributed by atoms with van der Waals surface area (Å²) in [5.41, 5.74) is 0. The molecule has 0 spiro atoms. The molecule has 8 heavy (non-hydrogen) atoms. The summed E-state index contributed by atoms with van der Waals surface area (Å²) in [7, 11) is 0. The molecule has 0 heterocycles. The standard InChI is InChI=1S/C6H3F2/c7-5-1-2-6(8)4-3-5/h1-3H/q-1. The van der Waals surface area contributed by atoms with Gasteiger partial charge in [0.15, 0.2) is 0 Å². The summed E-state index contributed by atoms with van der Waals surface area (Å²) in [4.78, 5) is 0. The molecule has 0 radical (unpaired) electrons. The highest BCUT2D eigenvalue weighted by Gasteiger charge is 1.76. The molecule has 1 aromatic carbocycles. The van der Waals surface area contributed by atoms with Crippen molar-refractivity contribution in [2.75, 3.05) is 0 Å². The molecule has 0 aliphatic rings. The first-order valence-electron chi connectivity index (χ1n) is 2.12. The third-order valence-electron chi connectivity index (χ3n) is 0.737. The van der Waals surface area contributed by atoms with Gasteiger partial charge in [-0.25, -0.2) is 4.39 Å². The molecule has 1 aromatic rings. The fourth-order valence-corrected chi connectivity index (χ4v) is 0.387. The molecule has 0 aromatic heterocycles. The van der Waals surface area contributed by atoms with Crippen LogP contribution in [0.15, 0.2) is 18.2 Å². The van der Waals surface area contributed by atoms with Crippen LogP contribution in [0.5, 0.6) is 0 Å². The highest BCUT2D eigenvalue weighted by Crippen LogP contribution is 1.97. The highest BCUT2D eigenvalue weighted by molar-refractivity contribution is 5.03. The molecule has 0 unspecified atom stereocenters. The predicted molar refractivity (Wildman–Crippen MR) is 25.2 cm³/mol. The summed E-state index contributed by atoms with van der Waals surface area (Å²) < 4.78 is 23.8. The van der Waals surface area contributed by atoms with E-state index < -0.39 is 11.6 Å². The Labute approximate surface area is 45.8 Å². The number of rotatable bonds is 0. The summed E-state index contributed by atoms with van der Waals surface area (Å²) in [6.07, 6.45) is 0. The van der Waals surface area contributed by atoms with E-state index in [9.17, 15) is 8.78 Å². The third kappa shape index (κ3) is 1.03. The van der Waals surface area contributed by atoms with E-state index in [1.807, 2.05) is 0 Å². The minimum atomic E-state index is -0.536. The van der Waals surface area contributed by atoms with Gasteiger partial charge in [0.05, 0.1) is 0 Å². The molecule has 0 aliphatic carbocycles. The van der Waals surface area contributed by atoms with Gasteiger partial charge < -0.3 is 0 Å². The molecule has 0 N–H and O–H groups in total. The van der Waals surface area contributed by atoms with Crippen LogP contribution in [0.25, 0.3) is 0 Å². The quantitative estimate of drug-likeness (QED) is 0.450. The van der Waals surface area contributed by atoms with Gasteiger partial charge in [0.1, 0.15) is 0 Å². The summed E-state index contributed by atoms with van der Waals surface area (Å²) in [6, 6.07) is 5.08. The van der Waals surface area contributed by atoms with Crippen LogP contribution < -0.4 is 0 Å². The van der Waals surface area contributed by atoms with E-state index >= 15 is 0 Å². The zero-order chi connectivity index (χ0) is 5.98. The average Bonchev–Trinajstić information content (AvgIpc) is 1.77. The van der Waals surface area contributed by atoms with Gasteiger partial charge in [-0.05, 0) is 0 Å². The second-order valence-electron chi connectivity index (χ2n) is 1.35. The largest absolute Gasteiger partial charge is 0.284 e. The molecular formula is C6H3F2-. The number of hydrogen-bond donors (Lipinski definition) is 0. The number of halogens is 2. The average molecular weight is 113 g/mol. The van der Waals surface area contributed by atoms with Gasteiger partial charge in [-0.2, -0.15) is 0 Å². The Bertz CT molecular complexity index is 145. The molecule has 0 saturated carbocycles. The normalized spacial score (nSPS) is 9.25. The molecule has 42 valence electrons. The maximum Gasteiger partial charge on any atom is 0.0110 e. The molecule has 1 rings (SSSR count). The van der Waals surface area contributed by atoms with Gasteiger partial charge in [-0.3, -0.25) is 4.39 Å². The fourth-order valence-electron chi connectivity index (χ4n) is 0.387. The fraction of sp³-hybridized carbons (Fsp3) is 0. The lowest BCUT2D eigenvalue weighted by Gasteiger charge is -1.94. The molecule has 0 atom stereocenters. The highest BCUT2D eigenvalue weighted by atomic mass is 19.1. The van der Waals surface area contributed by atoms with Crippen molar-refractivity contribution in [1.29, 1.82) is 0 Å². The van der Waals surface area contributed by atoms with Crippen molar-refractivity contribution in [1.82, 2.24) is 0 Å². The Morgan fingerprint density at radius 1 is 1.25 bits per heavy atom. The zero-order valence-corrected chi connectivity index (χ0v) is 3.99. The topological polar surface area (TPSA) is 0 Å². The lowest BCUT2D eigenvalue weighted by Crippen LogP contribution is -1.73. The van der Waals surface area contributed by atoms with Crippen molar-refractivity contribution in [3.8, 4) is 0 Å². The molecule has 2 heteroatoms. The number of hydrogen-bond acceptors (Lipinski definition) is 0. The van der Waals surface area contributed by atoms with Crippen LogP contribution in [-0.4, -0.2) is 0 Å². The van der Waals surface area contributed by atoms with Crippen molar-refractivity contribution >= 4 is 0 Å². The Kier molecular flexibility index (Phi) is 1.24. The van der Waals surface area contributed by atoms with E-state index in [0.717, 1.165) is 18.2 Å². The molecule has 0 fully saturated rings. The first-order chi connectivity index (χ1) is 3.79. The lowest BCUT2D eigenvalue weighted by molar-refractivity contribution is 0.598. The van der Waals surface area contributed by atoms with Crippen LogP contribution in [-0.2, 0) is 0 Å². The molecule has 0 bridgehead atoms. The molecule has 0 amide bonds. The smallest absolute Gasteiger partial charge is 0.0110 e. The van der Waals surface area contributed by atoms with Crippen molar-refractivity contribution in [2.24, 2.45) is 0 Å². The maximum absolute atomic E-state index is 11.9. The van der Waals surface area contributed by atoms with E-state index in [1.54, 1.807) is 0 Å². The van der Waals surface area contributed by atoms with Gasteiger partial charge in [-0.1, -0.05) is 0 Å². The van der Waals surface area contributed by atoms with Crippen molar-refractivity contribution < 1.29 is 8.78 Å². The van der Waals surface area contributed by atoms with Crippen LogP contribution in [0.4, 0.5) is 8.78 Å². The van der Waals surface area contributed by atoms with Gasteiger partial charge in [0, 0.05) is 11.6 Å². The minimum absolute atomic E-state index is 0.466. The van der Waals surface area contributed by atoms with Gasteiger partial charge in [0.25, 0.3) is 0 Å². The predicted octanol–water partition coefficient (Wildman–Crippen LogP) is 1.76. The Morgan fingerprint density at radius 3 is 2.38 bits per heavy atom. The molecular weight excluding hydrogens is 110 g/mol. The summed E-state index contributed by atoms with van der Waals surface area (Å²) in [6.45, 7) is 0. The van der Waals surface area contributed by atoms with Crippen molar-refractivity contribution in [3.05, 3.63) is 35.9 Å². The Balaban J connectivity index is 3.03. The number of benzene rings is 1. The first-order valence-corrected chi connectivity index (χ1v) is 2.12. The zero-order valence-electron chi connectivity index (χ0n) is 3.99. The molecule has 0 saturated heterocycles.